The van der Waals surface area contributed by atoms with E-state index in [1.807, 2.05) is 7.05 Å². The molecule has 0 radical (unpaired) electrons. The van der Waals surface area contributed by atoms with E-state index in [4.69, 9.17) is 0 Å². The van der Waals surface area contributed by atoms with E-state index in [1.165, 1.54) is 4.90 Å². The van der Waals surface area contributed by atoms with Gasteiger partial charge in [-0.1, -0.05) is 0 Å². The number of carbonyl (C=O) groups is 2. The van der Waals surface area contributed by atoms with Crippen LogP contribution in [0.1, 0.15) is 19.3 Å². The summed E-state index contributed by atoms with van der Waals surface area (Å²) in [6.07, 6.45) is 2.67. The van der Waals surface area contributed by atoms with Crippen molar-refractivity contribution in [3.05, 3.63) is 0 Å². The van der Waals surface area contributed by atoms with Gasteiger partial charge < -0.3 is 5.32 Å². The highest BCUT2D eigenvalue weighted by molar-refractivity contribution is 6.05. The minimum absolute atomic E-state index is 0.0496. The maximum absolute atomic E-state index is 11.8. The van der Waals surface area contributed by atoms with Crippen molar-refractivity contribution < 1.29 is 9.59 Å². The Morgan fingerprint density at radius 1 is 1.35 bits per heavy atom. The van der Waals surface area contributed by atoms with Crippen LogP contribution in [0.15, 0.2) is 0 Å². The molecule has 2 rings (SSSR count). The highest BCUT2D eigenvalue weighted by Crippen LogP contribution is 2.19. The van der Waals surface area contributed by atoms with Gasteiger partial charge in [-0.05, 0) is 38.9 Å². The third-order valence-corrected chi connectivity index (χ3v) is 3.89. The maximum atomic E-state index is 11.8. The third-order valence-electron chi connectivity index (χ3n) is 3.89. The number of likely N-dealkylation sites (tertiary alicyclic amines) is 1. The molecule has 0 bridgehead atoms. The van der Waals surface area contributed by atoms with Crippen LogP contribution in [0.2, 0.25) is 0 Å². The van der Waals surface area contributed by atoms with E-state index in [1.54, 1.807) is 7.05 Å². The van der Waals surface area contributed by atoms with E-state index in [2.05, 4.69) is 10.2 Å². The summed E-state index contributed by atoms with van der Waals surface area (Å²) in [5.74, 6) is 0.540. The monoisotopic (exact) mass is 239 g/mol. The zero-order valence-corrected chi connectivity index (χ0v) is 10.6. The molecule has 2 aliphatic rings. The first kappa shape index (κ1) is 12.5. The van der Waals surface area contributed by atoms with Crippen molar-refractivity contribution in [2.24, 2.45) is 5.92 Å². The molecule has 1 atom stereocenters. The standard InChI is InChI=1S/C12H21N3O2/c1-14(8-9-3-5-13-6-4-9)10-7-11(16)15(2)12(10)17/h9-10,13H,3-8H2,1-2H3. The first-order chi connectivity index (χ1) is 8.09. The molecule has 1 N–H and O–H groups in total. The smallest absolute Gasteiger partial charge is 0.246 e. The Labute approximate surface area is 102 Å². The van der Waals surface area contributed by atoms with E-state index in [0.29, 0.717) is 12.3 Å². The molecule has 5 nitrogen and oxygen atoms in total. The Hall–Kier alpha value is -0.940. The number of rotatable bonds is 3. The lowest BCUT2D eigenvalue weighted by atomic mass is 9.97. The number of piperidine rings is 1. The minimum atomic E-state index is -0.234. The highest BCUT2D eigenvalue weighted by atomic mass is 16.2. The molecule has 5 heteroatoms. The van der Waals surface area contributed by atoms with Gasteiger partial charge in [0.05, 0.1) is 12.5 Å². The van der Waals surface area contributed by atoms with Crippen LogP contribution in [-0.4, -0.2) is 61.4 Å². The SMILES string of the molecule is CN1C(=O)CC(N(C)CC2CCNCC2)C1=O. The first-order valence-electron chi connectivity index (χ1n) is 6.31. The normalized spacial score (nSPS) is 27.2. The average molecular weight is 239 g/mol. The van der Waals surface area contributed by atoms with Crippen LogP contribution >= 0.6 is 0 Å². The van der Waals surface area contributed by atoms with Gasteiger partial charge in [-0.2, -0.15) is 0 Å². The number of imide groups is 1. The number of nitrogens with zero attached hydrogens (tertiary/aromatic N) is 2. The number of hydrogen-bond acceptors (Lipinski definition) is 4. The summed E-state index contributed by atoms with van der Waals surface area (Å²) in [6, 6.07) is -0.234. The quantitative estimate of drug-likeness (QED) is 0.686. The van der Waals surface area contributed by atoms with Gasteiger partial charge in [-0.3, -0.25) is 19.4 Å². The van der Waals surface area contributed by atoms with Gasteiger partial charge in [0, 0.05) is 13.6 Å². The number of likely N-dealkylation sites (N-methyl/N-ethyl adjacent to an activating group) is 2. The van der Waals surface area contributed by atoms with Crippen molar-refractivity contribution in [1.29, 1.82) is 0 Å². The molecular formula is C12H21N3O2. The van der Waals surface area contributed by atoms with E-state index in [9.17, 15) is 9.59 Å². The lowest BCUT2D eigenvalue weighted by Crippen LogP contribution is -2.42. The Bertz CT molecular complexity index is 313. The Morgan fingerprint density at radius 2 is 2.00 bits per heavy atom. The van der Waals surface area contributed by atoms with Crippen molar-refractivity contribution in [3.63, 3.8) is 0 Å². The molecule has 0 aromatic carbocycles. The van der Waals surface area contributed by atoms with Crippen LogP contribution < -0.4 is 5.32 Å². The number of hydrogen-bond donors (Lipinski definition) is 1. The molecule has 17 heavy (non-hydrogen) atoms. The summed E-state index contributed by atoms with van der Waals surface area (Å²) in [4.78, 5) is 26.6. The molecule has 1 unspecified atom stereocenters. The van der Waals surface area contributed by atoms with Crippen LogP contribution in [0, 0.1) is 5.92 Å². The molecule has 0 aromatic heterocycles. The number of amides is 2. The fourth-order valence-corrected chi connectivity index (χ4v) is 2.68. The van der Waals surface area contributed by atoms with Crippen molar-refractivity contribution >= 4 is 11.8 Å². The molecule has 2 heterocycles. The number of carbonyl (C=O) groups excluding carboxylic acids is 2. The second-order valence-electron chi connectivity index (χ2n) is 5.14. The Balaban J connectivity index is 1.89. The topological polar surface area (TPSA) is 52.7 Å². The summed E-state index contributed by atoms with van der Waals surface area (Å²) in [7, 11) is 3.53. The number of nitrogens with one attached hydrogen (secondary N) is 1. The van der Waals surface area contributed by atoms with Crippen molar-refractivity contribution in [2.45, 2.75) is 25.3 Å². The molecule has 0 aliphatic carbocycles. The molecule has 0 saturated carbocycles. The van der Waals surface area contributed by atoms with E-state index in [-0.39, 0.29) is 17.9 Å². The van der Waals surface area contributed by atoms with Crippen LogP contribution in [0.4, 0.5) is 0 Å². The predicted octanol–water partition coefficient (Wildman–Crippen LogP) is -0.325. The van der Waals surface area contributed by atoms with Gasteiger partial charge in [0.2, 0.25) is 11.8 Å². The van der Waals surface area contributed by atoms with Crippen molar-refractivity contribution in [1.82, 2.24) is 15.1 Å². The van der Waals surface area contributed by atoms with Crippen LogP contribution in [0.25, 0.3) is 0 Å². The average Bonchev–Trinajstić information content (AvgIpc) is 2.58. The first-order valence-corrected chi connectivity index (χ1v) is 6.31. The molecular weight excluding hydrogens is 218 g/mol. The van der Waals surface area contributed by atoms with E-state index >= 15 is 0 Å². The zero-order chi connectivity index (χ0) is 12.4. The molecule has 2 fully saturated rings. The fraction of sp³-hybridized carbons (Fsp3) is 0.833. The molecule has 0 spiro atoms. The van der Waals surface area contributed by atoms with Crippen LogP contribution in [0.3, 0.4) is 0 Å². The second kappa shape index (κ2) is 5.14. The van der Waals surface area contributed by atoms with Gasteiger partial charge >= 0.3 is 0 Å². The largest absolute Gasteiger partial charge is 0.317 e. The van der Waals surface area contributed by atoms with Gasteiger partial charge in [-0.15, -0.1) is 0 Å². The minimum Gasteiger partial charge on any atom is -0.317 e. The van der Waals surface area contributed by atoms with Gasteiger partial charge in [0.25, 0.3) is 0 Å². The molecule has 96 valence electrons. The molecule has 2 amide bonds. The summed E-state index contributed by atoms with van der Waals surface area (Å²) < 4.78 is 0. The lowest BCUT2D eigenvalue weighted by Gasteiger charge is -2.29. The maximum Gasteiger partial charge on any atom is 0.246 e. The molecule has 2 saturated heterocycles. The van der Waals surface area contributed by atoms with Crippen molar-refractivity contribution in [3.8, 4) is 0 Å². The zero-order valence-electron chi connectivity index (χ0n) is 10.6. The van der Waals surface area contributed by atoms with Crippen LogP contribution in [-0.2, 0) is 9.59 Å². The molecule has 0 aromatic rings. The summed E-state index contributed by atoms with van der Waals surface area (Å²) in [5.41, 5.74) is 0. The second-order valence-corrected chi connectivity index (χ2v) is 5.14. The van der Waals surface area contributed by atoms with Gasteiger partial charge in [0.15, 0.2) is 0 Å². The third kappa shape index (κ3) is 2.66. The van der Waals surface area contributed by atoms with Gasteiger partial charge in [-0.25, -0.2) is 0 Å². The lowest BCUT2D eigenvalue weighted by molar-refractivity contribution is -0.138. The Kier molecular flexibility index (Phi) is 3.79. The molecule has 2 aliphatic heterocycles. The van der Waals surface area contributed by atoms with Crippen molar-refractivity contribution in [2.75, 3.05) is 33.7 Å². The van der Waals surface area contributed by atoms with E-state index in [0.717, 1.165) is 32.5 Å². The van der Waals surface area contributed by atoms with Crippen LogP contribution in [0.5, 0.6) is 0 Å². The fourth-order valence-electron chi connectivity index (χ4n) is 2.68. The van der Waals surface area contributed by atoms with Gasteiger partial charge in [0.1, 0.15) is 0 Å². The summed E-state index contributed by atoms with van der Waals surface area (Å²) in [6.45, 7) is 3.05. The van der Waals surface area contributed by atoms with E-state index < -0.39 is 0 Å². The predicted molar refractivity (Wildman–Crippen MR) is 64.4 cm³/mol. The highest BCUT2D eigenvalue weighted by Gasteiger charge is 2.38. The summed E-state index contributed by atoms with van der Waals surface area (Å²) >= 11 is 0. The Morgan fingerprint density at radius 3 is 2.53 bits per heavy atom. The summed E-state index contributed by atoms with van der Waals surface area (Å²) in [5, 5.41) is 3.33.